The lowest BCUT2D eigenvalue weighted by molar-refractivity contribution is -0.307. The molecule has 0 bridgehead atoms. The van der Waals surface area contributed by atoms with E-state index in [2.05, 4.69) is 4.72 Å². The molecule has 0 aromatic heterocycles. The molecule has 1 atom stereocenters. The second kappa shape index (κ2) is 6.85. The average Bonchev–Trinajstić information content (AvgIpc) is 2.93. The van der Waals surface area contributed by atoms with Crippen LogP contribution in [0.4, 0.5) is 0 Å². The first kappa shape index (κ1) is 17.4. The molecule has 0 saturated heterocycles. The first-order valence-corrected chi connectivity index (χ1v) is 9.35. The topological polar surface area (TPSA) is 95.5 Å². The molecule has 0 amide bonds. The van der Waals surface area contributed by atoms with E-state index in [0.29, 0.717) is 18.6 Å². The van der Waals surface area contributed by atoms with Gasteiger partial charge in [-0.3, -0.25) is 0 Å². The minimum atomic E-state index is -3.58. The van der Waals surface area contributed by atoms with Crippen molar-refractivity contribution in [2.75, 3.05) is 6.61 Å². The third-order valence-corrected chi connectivity index (χ3v) is 5.66. The maximum Gasteiger partial charge on any atom is 0.240 e. The fourth-order valence-corrected chi connectivity index (χ4v) is 4.15. The molecule has 2 aromatic carbocycles. The number of carbonyl (C=O) groups is 1. The van der Waals surface area contributed by atoms with Gasteiger partial charge in [-0.05, 0) is 55.2 Å². The molecule has 1 aliphatic rings. The first-order valence-electron chi connectivity index (χ1n) is 7.87. The Labute approximate surface area is 146 Å². The molecule has 6 nitrogen and oxygen atoms in total. The van der Waals surface area contributed by atoms with Gasteiger partial charge in [0.05, 0.1) is 10.9 Å². The van der Waals surface area contributed by atoms with Gasteiger partial charge in [0.25, 0.3) is 0 Å². The quantitative estimate of drug-likeness (QED) is 0.813. The Morgan fingerprint density at radius 1 is 1.16 bits per heavy atom. The normalized spacial score (nSPS) is 16.4. The predicted molar refractivity (Wildman–Crippen MR) is 89.6 cm³/mol. The molecule has 0 fully saturated rings. The second-order valence-electron chi connectivity index (χ2n) is 6.13. The molecular formula is C18H18NO5S-. The Hall–Kier alpha value is -2.38. The van der Waals surface area contributed by atoms with Crippen LogP contribution in [0.5, 0.6) is 5.75 Å². The summed E-state index contributed by atoms with van der Waals surface area (Å²) < 4.78 is 32.8. The minimum absolute atomic E-state index is 0.238. The maximum absolute atomic E-state index is 12.5. The molecule has 0 heterocycles. The van der Waals surface area contributed by atoms with Crippen molar-refractivity contribution in [1.29, 1.82) is 0 Å². The molecule has 3 rings (SSSR count). The monoisotopic (exact) mass is 360 g/mol. The molecular weight excluding hydrogens is 342 g/mol. The van der Waals surface area contributed by atoms with E-state index in [0.717, 1.165) is 16.7 Å². The van der Waals surface area contributed by atoms with Crippen molar-refractivity contribution in [2.45, 2.75) is 30.7 Å². The van der Waals surface area contributed by atoms with Gasteiger partial charge in [0.1, 0.15) is 12.4 Å². The van der Waals surface area contributed by atoms with E-state index in [4.69, 9.17) is 4.74 Å². The number of aryl methyl sites for hydroxylation is 1. The van der Waals surface area contributed by atoms with Gasteiger partial charge in [0, 0.05) is 6.04 Å². The number of benzene rings is 2. The number of aliphatic carboxylic acids is 1. The zero-order valence-electron chi connectivity index (χ0n) is 13.7. The van der Waals surface area contributed by atoms with E-state index in [9.17, 15) is 18.3 Å². The number of ether oxygens (including phenoxy) is 1. The Balaban J connectivity index is 1.69. The van der Waals surface area contributed by atoms with Gasteiger partial charge in [-0.2, -0.15) is 0 Å². The Morgan fingerprint density at radius 2 is 1.84 bits per heavy atom. The molecule has 0 aliphatic heterocycles. The smallest absolute Gasteiger partial charge is 0.240 e. The summed E-state index contributed by atoms with van der Waals surface area (Å²) in [6.45, 7) is 1.39. The Bertz CT molecular complexity index is 890. The number of carboxylic acids is 1. The largest absolute Gasteiger partial charge is 0.546 e. The number of hydrogen-bond acceptors (Lipinski definition) is 5. The summed E-state index contributed by atoms with van der Waals surface area (Å²) in [7, 11) is -3.58. The first-order chi connectivity index (χ1) is 11.8. The van der Waals surface area contributed by atoms with Crippen LogP contribution in [0.15, 0.2) is 47.4 Å². The number of fused-ring (bicyclic) bond motifs is 1. The molecule has 0 spiro atoms. The molecule has 0 saturated carbocycles. The van der Waals surface area contributed by atoms with Crippen molar-refractivity contribution in [3.63, 3.8) is 0 Å². The average molecular weight is 360 g/mol. The van der Waals surface area contributed by atoms with E-state index < -0.39 is 22.6 Å². The summed E-state index contributed by atoms with van der Waals surface area (Å²) in [6, 6.07) is 11.7. The number of sulfonamides is 1. The third kappa shape index (κ3) is 4.18. The summed E-state index contributed by atoms with van der Waals surface area (Å²) in [4.78, 5) is 10.7. The van der Waals surface area contributed by atoms with Crippen molar-refractivity contribution in [3.05, 3.63) is 59.2 Å². The van der Waals surface area contributed by atoms with Crippen LogP contribution in [0, 0.1) is 6.92 Å². The summed E-state index contributed by atoms with van der Waals surface area (Å²) >= 11 is 0. The van der Waals surface area contributed by atoms with Gasteiger partial charge >= 0.3 is 0 Å². The molecule has 1 unspecified atom stereocenters. The summed E-state index contributed by atoms with van der Waals surface area (Å²) in [6.07, 6.45) is 1.12. The molecule has 25 heavy (non-hydrogen) atoms. The Kier molecular flexibility index (Phi) is 4.78. The lowest BCUT2D eigenvalue weighted by atomic mass is 10.1. The summed E-state index contributed by atoms with van der Waals surface area (Å²) in [5, 5.41) is 10.5. The molecule has 7 heteroatoms. The zero-order chi connectivity index (χ0) is 18.0. The SMILES string of the molecule is Cc1ccc(S(=O)(=O)NC2Cc3ccc(OCC(=O)[O-])cc3C2)cc1. The van der Waals surface area contributed by atoms with Gasteiger partial charge in [0.2, 0.25) is 10.0 Å². The van der Waals surface area contributed by atoms with E-state index in [1.807, 2.05) is 13.0 Å². The van der Waals surface area contributed by atoms with Crippen LogP contribution >= 0.6 is 0 Å². The standard InChI is InChI=1S/C18H19NO5S/c1-12-2-6-17(7-3-12)25(22,23)19-15-8-13-4-5-16(10-14(13)9-15)24-11-18(20)21/h2-7,10,15,19H,8-9,11H2,1H3,(H,20,21)/p-1. The summed E-state index contributed by atoms with van der Waals surface area (Å²) in [5.41, 5.74) is 2.97. The van der Waals surface area contributed by atoms with Crippen LogP contribution < -0.4 is 14.6 Å². The second-order valence-corrected chi connectivity index (χ2v) is 7.84. The zero-order valence-corrected chi connectivity index (χ0v) is 14.5. The van der Waals surface area contributed by atoms with Crippen LogP contribution in [0.25, 0.3) is 0 Å². The van der Waals surface area contributed by atoms with Crippen LogP contribution in [-0.4, -0.2) is 27.0 Å². The highest BCUT2D eigenvalue weighted by molar-refractivity contribution is 7.89. The van der Waals surface area contributed by atoms with Gasteiger partial charge in [0.15, 0.2) is 0 Å². The van der Waals surface area contributed by atoms with Crippen LogP contribution in [0.3, 0.4) is 0 Å². The highest BCUT2D eigenvalue weighted by atomic mass is 32.2. The van der Waals surface area contributed by atoms with Crippen molar-refractivity contribution in [2.24, 2.45) is 0 Å². The number of rotatable bonds is 6. The molecule has 0 radical (unpaired) electrons. The molecule has 1 aliphatic carbocycles. The molecule has 1 N–H and O–H groups in total. The van der Waals surface area contributed by atoms with Crippen molar-refractivity contribution in [1.82, 2.24) is 4.72 Å². The molecule has 132 valence electrons. The molecule has 2 aromatic rings. The van der Waals surface area contributed by atoms with Crippen molar-refractivity contribution >= 4 is 16.0 Å². The lowest BCUT2D eigenvalue weighted by Crippen LogP contribution is -2.35. The van der Waals surface area contributed by atoms with Crippen molar-refractivity contribution in [3.8, 4) is 5.75 Å². The highest BCUT2D eigenvalue weighted by Crippen LogP contribution is 2.27. The van der Waals surface area contributed by atoms with Gasteiger partial charge in [-0.25, -0.2) is 13.1 Å². The number of hydrogen-bond donors (Lipinski definition) is 1. The minimum Gasteiger partial charge on any atom is -0.546 e. The van der Waals surface area contributed by atoms with Gasteiger partial charge < -0.3 is 14.6 Å². The van der Waals surface area contributed by atoms with E-state index in [1.165, 1.54) is 0 Å². The third-order valence-electron chi connectivity index (χ3n) is 4.12. The van der Waals surface area contributed by atoms with E-state index in [-0.39, 0.29) is 10.9 Å². The van der Waals surface area contributed by atoms with Crippen LogP contribution in [0.2, 0.25) is 0 Å². The predicted octanol–water partition coefficient (Wildman–Crippen LogP) is 0.569. The van der Waals surface area contributed by atoms with Gasteiger partial charge in [-0.15, -0.1) is 0 Å². The summed E-state index contributed by atoms with van der Waals surface area (Å²) in [5.74, 6) is -0.853. The fraction of sp³-hybridized carbons (Fsp3) is 0.278. The lowest BCUT2D eigenvalue weighted by Gasteiger charge is -2.12. The van der Waals surface area contributed by atoms with Gasteiger partial charge in [-0.1, -0.05) is 23.8 Å². The number of carboxylic acid groups (broad SMARTS) is 1. The number of carbonyl (C=O) groups excluding carboxylic acids is 1. The number of nitrogens with one attached hydrogen (secondary N) is 1. The Morgan fingerprint density at radius 3 is 2.52 bits per heavy atom. The maximum atomic E-state index is 12.5. The fourth-order valence-electron chi connectivity index (χ4n) is 2.91. The van der Waals surface area contributed by atoms with Crippen LogP contribution in [0.1, 0.15) is 16.7 Å². The van der Waals surface area contributed by atoms with Crippen molar-refractivity contribution < 1.29 is 23.1 Å². The van der Waals surface area contributed by atoms with E-state index >= 15 is 0 Å². The highest BCUT2D eigenvalue weighted by Gasteiger charge is 2.26. The van der Waals surface area contributed by atoms with E-state index in [1.54, 1.807) is 36.4 Å². The van der Waals surface area contributed by atoms with Crippen LogP contribution in [-0.2, 0) is 27.7 Å².